The molecule has 5 atom stereocenters. The van der Waals surface area contributed by atoms with Gasteiger partial charge in [-0.25, -0.2) is 0 Å². The van der Waals surface area contributed by atoms with Crippen LogP contribution in [0.1, 0.15) is 23.1 Å². The molecule has 1 saturated heterocycles. The normalized spacial score (nSPS) is 27.2. The van der Waals surface area contributed by atoms with E-state index in [4.69, 9.17) is 33.0 Å². The smallest absolute Gasteiger partial charge is 0.307 e. The average Bonchev–Trinajstić information content (AvgIpc) is 3.28. The van der Waals surface area contributed by atoms with Gasteiger partial charge in [0.2, 0.25) is 0 Å². The van der Waals surface area contributed by atoms with Crippen molar-refractivity contribution in [3.8, 4) is 11.5 Å². The summed E-state index contributed by atoms with van der Waals surface area (Å²) in [5.41, 5.74) is 4.22. The number of nitrogens with one attached hydrogen (secondary N) is 1. The van der Waals surface area contributed by atoms with Gasteiger partial charge in [0.05, 0.1) is 22.2 Å². The maximum absolute atomic E-state index is 10.8. The predicted molar refractivity (Wildman–Crippen MR) is 155 cm³/mol. The van der Waals surface area contributed by atoms with Crippen LogP contribution >= 0.6 is 23.2 Å². The van der Waals surface area contributed by atoms with Crippen LogP contribution in [0.2, 0.25) is 10.0 Å². The van der Waals surface area contributed by atoms with Gasteiger partial charge in [-0.15, -0.1) is 0 Å². The molecule has 3 aromatic rings. The molecule has 2 aliphatic heterocycles. The summed E-state index contributed by atoms with van der Waals surface area (Å²) in [4.78, 5) is 13.3. The van der Waals surface area contributed by atoms with Crippen molar-refractivity contribution in [2.24, 2.45) is 5.92 Å². The van der Waals surface area contributed by atoms with E-state index in [1.54, 1.807) is 42.5 Å². The van der Waals surface area contributed by atoms with Gasteiger partial charge in [0.25, 0.3) is 0 Å². The topological polar surface area (TPSA) is 102 Å². The zero-order chi connectivity index (χ0) is 28.2. The number of phenolic OH excluding ortho intramolecular Hbond substituents is 1. The summed E-state index contributed by atoms with van der Waals surface area (Å²) in [5, 5.41) is 33.6. The predicted octanol–water partition coefficient (Wildman–Crippen LogP) is 5.56. The number of carbonyl (C=O) groups is 1. The lowest BCUT2D eigenvalue weighted by Gasteiger charge is -2.56. The molecule has 4 N–H and O–H groups in total. The molecule has 9 heteroatoms. The Labute approximate surface area is 242 Å². The number of rotatable bonds is 4. The molecular formula is C31H30Cl2N2O5. The average molecular weight is 581 g/mol. The third kappa shape index (κ3) is 4.32. The molecule has 1 spiro atoms. The summed E-state index contributed by atoms with van der Waals surface area (Å²) in [5.74, 6) is 0.300. The van der Waals surface area contributed by atoms with Gasteiger partial charge in [-0.1, -0.05) is 65.7 Å². The standard InChI is InChI=1S/C17H19NO3.C14H11Cl2NO2/c1-18-7-6-17-10-3-5-13(20)16(17)21-15-12(19)4-2-9(14(15)17)8-11(10)18;15-10-5-3-6-11(16)14(10)17-12-7-2-1-4-9(12)8-13(18)19/h2-5,10-11,13,16,19-20H,6-8H2,1H3;1-7,17H,8H2,(H,18,19)/t10-,11+,13-,16-,17+;/m0./s1. The molecule has 0 saturated carbocycles. The number of aromatic hydroxyl groups is 1. The molecule has 2 heterocycles. The lowest BCUT2D eigenvalue weighted by Crippen LogP contribution is -2.64. The fraction of sp³-hybridized carbons (Fsp3) is 0.323. The number of carboxylic acid groups (broad SMARTS) is 1. The van der Waals surface area contributed by atoms with E-state index in [0.29, 0.717) is 44.7 Å². The number of para-hydroxylation sites is 2. The molecule has 2 aliphatic carbocycles. The highest BCUT2D eigenvalue weighted by Crippen LogP contribution is 2.62. The van der Waals surface area contributed by atoms with Crippen molar-refractivity contribution in [3.05, 3.63) is 93.5 Å². The zero-order valence-corrected chi connectivity index (χ0v) is 23.4. The Balaban J connectivity index is 0.000000146. The van der Waals surface area contributed by atoms with Crippen LogP contribution in [0.3, 0.4) is 0 Å². The van der Waals surface area contributed by atoms with E-state index in [9.17, 15) is 15.0 Å². The quantitative estimate of drug-likeness (QED) is 0.299. The van der Waals surface area contributed by atoms with Crippen LogP contribution in [0.15, 0.2) is 66.7 Å². The first-order chi connectivity index (χ1) is 19.2. The van der Waals surface area contributed by atoms with Crippen LogP contribution in [0.5, 0.6) is 11.5 Å². The molecule has 0 unspecified atom stereocenters. The molecule has 40 heavy (non-hydrogen) atoms. The van der Waals surface area contributed by atoms with Gasteiger partial charge in [-0.3, -0.25) is 4.79 Å². The van der Waals surface area contributed by atoms with Gasteiger partial charge in [0.15, 0.2) is 11.5 Å². The first-order valence-corrected chi connectivity index (χ1v) is 14.1. The van der Waals surface area contributed by atoms with Crippen molar-refractivity contribution in [2.45, 2.75) is 42.9 Å². The van der Waals surface area contributed by atoms with E-state index in [1.807, 2.05) is 18.2 Å². The van der Waals surface area contributed by atoms with Crippen LogP contribution < -0.4 is 10.1 Å². The van der Waals surface area contributed by atoms with E-state index < -0.39 is 12.1 Å². The molecule has 0 radical (unpaired) electrons. The second kappa shape index (κ2) is 10.3. The molecule has 3 aromatic carbocycles. The number of phenols is 1. The number of halogens is 2. The van der Waals surface area contributed by atoms with E-state index in [0.717, 1.165) is 19.4 Å². The second-order valence-corrected chi connectivity index (χ2v) is 11.7. The Hall–Kier alpha value is -3.23. The number of likely N-dealkylation sites (tertiary alicyclic amines) is 1. The second-order valence-electron chi connectivity index (χ2n) is 10.9. The number of ether oxygens (including phenoxy) is 1. The summed E-state index contributed by atoms with van der Waals surface area (Å²) < 4.78 is 6.09. The van der Waals surface area contributed by atoms with E-state index in [2.05, 4.69) is 23.3 Å². The summed E-state index contributed by atoms with van der Waals surface area (Å²) in [7, 11) is 2.19. The number of likely N-dealkylation sites (N-methyl/N-ethyl adjacent to an activating group) is 1. The summed E-state index contributed by atoms with van der Waals surface area (Å²) in [6.45, 7) is 1.01. The first kappa shape index (κ1) is 27.0. The highest BCUT2D eigenvalue weighted by atomic mass is 35.5. The van der Waals surface area contributed by atoms with Crippen molar-refractivity contribution in [1.82, 2.24) is 4.90 Å². The third-order valence-corrected chi connectivity index (χ3v) is 9.36. The van der Waals surface area contributed by atoms with E-state index in [1.165, 1.54) is 11.1 Å². The summed E-state index contributed by atoms with van der Waals surface area (Å²) in [6, 6.07) is 16.6. The van der Waals surface area contributed by atoms with Crippen LogP contribution in [0.25, 0.3) is 0 Å². The number of piperidine rings is 1. The van der Waals surface area contributed by atoms with E-state index in [-0.39, 0.29) is 23.7 Å². The Morgan fingerprint density at radius 3 is 2.60 bits per heavy atom. The molecule has 1 fully saturated rings. The minimum absolute atomic E-state index is 0.0642. The highest BCUT2D eigenvalue weighted by Gasteiger charge is 2.64. The van der Waals surface area contributed by atoms with E-state index >= 15 is 0 Å². The molecular weight excluding hydrogens is 551 g/mol. The van der Waals surface area contributed by atoms with Crippen LogP contribution in [-0.4, -0.2) is 58.0 Å². The van der Waals surface area contributed by atoms with Crippen molar-refractivity contribution in [3.63, 3.8) is 0 Å². The SMILES string of the molecule is CN1CC[C@@]23c4c5ccc(O)c4O[C@H]2[C@@H](O)C=C[C@H]3[C@H]1C5.O=C(O)Cc1ccccc1Nc1c(Cl)cccc1Cl. The van der Waals surface area contributed by atoms with Crippen molar-refractivity contribution in [1.29, 1.82) is 0 Å². The fourth-order valence-corrected chi connectivity index (χ4v) is 7.44. The van der Waals surface area contributed by atoms with Gasteiger partial charge in [-0.05, 0) is 61.8 Å². The Bertz CT molecular complexity index is 1490. The maximum atomic E-state index is 10.8. The van der Waals surface area contributed by atoms with Crippen molar-refractivity contribution < 1.29 is 24.9 Å². The number of anilines is 2. The molecule has 2 bridgehead atoms. The van der Waals surface area contributed by atoms with Crippen molar-refractivity contribution >= 4 is 40.5 Å². The number of aliphatic hydroxyl groups excluding tert-OH is 1. The third-order valence-electron chi connectivity index (χ3n) is 8.73. The van der Waals surface area contributed by atoms with Gasteiger partial charge in [-0.2, -0.15) is 0 Å². The number of hydrogen-bond donors (Lipinski definition) is 4. The van der Waals surface area contributed by atoms with Crippen LogP contribution in [0.4, 0.5) is 11.4 Å². The summed E-state index contributed by atoms with van der Waals surface area (Å²) in [6.07, 6.45) is 5.11. The molecule has 4 aliphatic rings. The number of aliphatic carboxylic acids is 1. The Morgan fingerprint density at radius 2 is 1.85 bits per heavy atom. The largest absolute Gasteiger partial charge is 0.504 e. The lowest BCUT2D eigenvalue weighted by atomic mass is 9.53. The number of benzene rings is 3. The lowest BCUT2D eigenvalue weighted by molar-refractivity contribution is -0.136. The Kier molecular flexibility index (Phi) is 6.95. The van der Waals surface area contributed by atoms with Crippen LogP contribution in [-0.2, 0) is 23.1 Å². The van der Waals surface area contributed by atoms with Gasteiger partial charge >= 0.3 is 5.97 Å². The van der Waals surface area contributed by atoms with Gasteiger partial charge < -0.3 is 30.3 Å². The van der Waals surface area contributed by atoms with Gasteiger partial charge in [0, 0.05) is 28.6 Å². The molecule has 7 rings (SSSR count). The van der Waals surface area contributed by atoms with Crippen LogP contribution in [0, 0.1) is 5.92 Å². The molecule has 208 valence electrons. The monoisotopic (exact) mass is 580 g/mol. The zero-order valence-electron chi connectivity index (χ0n) is 21.8. The summed E-state index contributed by atoms with van der Waals surface area (Å²) >= 11 is 12.1. The number of carboxylic acids is 1. The number of hydrogen-bond acceptors (Lipinski definition) is 6. The number of nitrogens with zero attached hydrogens (tertiary/aromatic N) is 1. The maximum Gasteiger partial charge on any atom is 0.307 e. The molecule has 0 amide bonds. The van der Waals surface area contributed by atoms with Crippen molar-refractivity contribution in [2.75, 3.05) is 18.9 Å². The highest BCUT2D eigenvalue weighted by molar-refractivity contribution is 6.39. The minimum atomic E-state index is -0.889. The fourth-order valence-electron chi connectivity index (χ4n) is 6.95. The molecule has 0 aromatic heterocycles. The first-order valence-electron chi connectivity index (χ1n) is 13.3. The minimum Gasteiger partial charge on any atom is -0.504 e. The Morgan fingerprint density at radius 1 is 1.10 bits per heavy atom. The molecule has 7 nitrogen and oxygen atoms in total. The number of aliphatic hydroxyl groups is 1. The van der Waals surface area contributed by atoms with Gasteiger partial charge in [0.1, 0.15) is 12.2 Å².